The van der Waals surface area contributed by atoms with Gasteiger partial charge in [0.15, 0.2) is 0 Å². The summed E-state index contributed by atoms with van der Waals surface area (Å²) >= 11 is 0. The molecule has 1 N–H and O–H groups in total. The summed E-state index contributed by atoms with van der Waals surface area (Å²) in [5.74, 6) is 0.651. The Balaban J connectivity index is 2.17. The fraction of sp³-hybridized carbons (Fsp3) is 0.353. The van der Waals surface area contributed by atoms with Crippen molar-refractivity contribution in [1.29, 1.82) is 0 Å². The van der Waals surface area contributed by atoms with Crippen LogP contribution in [0.3, 0.4) is 0 Å². The van der Waals surface area contributed by atoms with Gasteiger partial charge in [-0.25, -0.2) is 4.98 Å². The Kier molecular flexibility index (Phi) is 5.31. The van der Waals surface area contributed by atoms with E-state index in [1.165, 1.54) is 5.56 Å². The minimum absolute atomic E-state index is 0.267. The van der Waals surface area contributed by atoms with Crippen LogP contribution in [-0.4, -0.2) is 25.8 Å². The van der Waals surface area contributed by atoms with Gasteiger partial charge in [0.05, 0.1) is 19.3 Å². The van der Waals surface area contributed by atoms with Crippen molar-refractivity contribution >= 4 is 0 Å². The van der Waals surface area contributed by atoms with Crippen LogP contribution in [0.25, 0.3) is 0 Å². The predicted octanol–water partition coefficient (Wildman–Crippen LogP) is 2.74. The molecule has 112 valence electrons. The minimum Gasteiger partial charge on any atom is -0.481 e. The lowest BCUT2D eigenvalue weighted by Crippen LogP contribution is -2.43. The summed E-state index contributed by atoms with van der Waals surface area (Å²) < 4.78 is 10.7. The van der Waals surface area contributed by atoms with Crippen LogP contribution in [0.2, 0.25) is 0 Å². The maximum absolute atomic E-state index is 5.40. The first-order valence-corrected chi connectivity index (χ1v) is 6.97. The number of rotatable bonds is 7. The molecule has 21 heavy (non-hydrogen) atoms. The number of hydrogen-bond acceptors (Lipinski definition) is 4. The number of nitrogens with zero attached hydrogens (tertiary/aromatic N) is 1. The van der Waals surface area contributed by atoms with Gasteiger partial charge in [-0.05, 0) is 18.6 Å². The van der Waals surface area contributed by atoms with E-state index in [1.807, 2.05) is 30.3 Å². The van der Waals surface area contributed by atoms with Crippen molar-refractivity contribution in [2.75, 3.05) is 20.8 Å². The van der Waals surface area contributed by atoms with Gasteiger partial charge in [0.2, 0.25) is 5.88 Å². The molecule has 1 atom stereocenters. The Morgan fingerprint density at radius 1 is 1.10 bits per heavy atom. The predicted molar refractivity (Wildman–Crippen MR) is 83.3 cm³/mol. The average Bonchev–Trinajstić information content (AvgIpc) is 2.54. The van der Waals surface area contributed by atoms with Crippen LogP contribution in [-0.2, 0) is 16.8 Å². The summed E-state index contributed by atoms with van der Waals surface area (Å²) in [6, 6.07) is 14.2. The van der Waals surface area contributed by atoms with Gasteiger partial charge in [-0.15, -0.1) is 0 Å². The van der Waals surface area contributed by atoms with Crippen LogP contribution >= 0.6 is 0 Å². The molecule has 0 aliphatic carbocycles. The molecule has 0 saturated carbocycles. The number of benzene rings is 1. The lowest BCUT2D eigenvalue weighted by atomic mass is 9.92. The quantitative estimate of drug-likeness (QED) is 0.850. The van der Waals surface area contributed by atoms with Crippen molar-refractivity contribution < 1.29 is 9.47 Å². The van der Waals surface area contributed by atoms with E-state index in [-0.39, 0.29) is 5.54 Å². The van der Waals surface area contributed by atoms with E-state index in [9.17, 15) is 0 Å². The monoisotopic (exact) mass is 286 g/mol. The van der Waals surface area contributed by atoms with Crippen molar-refractivity contribution in [2.45, 2.75) is 19.0 Å². The summed E-state index contributed by atoms with van der Waals surface area (Å²) in [6.45, 7) is 3.38. The number of hydrogen-bond donors (Lipinski definition) is 1. The molecule has 0 aliphatic rings. The van der Waals surface area contributed by atoms with Crippen molar-refractivity contribution in [1.82, 2.24) is 10.3 Å². The van der Waals surface area contributed by atoms with Crippen LogP contribution < -0.4 is 10.1 Å². The van der Waals surface area contributed by atoms with Gasteiger partial charge in [0, 0.05) is 25.4 Å². The number of nitrogens with one attached hydrogen (secondary N) is 1. The molecule has 0 fully saturated rings. The first kappa shape index (κ1) is 15.5. The molecule has 0 saturated heterocycles. The zero-order valence-corrected chi connectivity index (χ0v) is 12.8. The van der Waals surface area contributed by atoms with E-state index in [1.54, 1.807) is 20.4 Å². The molecular weight excluding hydrogens is 264 g/mol. The second-order valence-corrected chi connectivity index (χ2v) is 5.16. The Bertz CT molecular complexity index is 560. The number of pyridine rings is 1. The highest BCUT2D eigenvalue weighted by atomic mass is 16.5. The summed E-state index contributed by atoms with van der Waals surface area (Å²) in [5.41, 5.74) is 1.95. The molecule has 0 amide bonds. The van der Waals surface area contributed by atoms with Gasteiger partial charge >= 0.3 is 0 Å². The van der Waals surface area contributed by atoms with E-state index in [0.717, 1.165) is 5.56 Å². The smallest absolute Gasteiger partial charge is 0.217 e. The normalized spacial score (nSPS) is 13.7. The highest BCUT2D eigenvalue weighted by Gasteiger charge is 2.26. The van der Waals surface area contributed by atoms with Crippen molar-refractivity contribution in [3.8, 4) is 5.88 Å². The molecular formula is C17H22N2O2. The number of ether oxygens (including phenoxy) is 2. The van der Waals surface area contributed by atoms with Gasteiger partial charge in [0.25, 0.3) is 0 Å². The molecule has 0 unspecified atom stereocenters. The molecule has 0 radical (unpaired) electrons. The molecule has 1 heterocycles. The fourth-order valence-electron chi connectivity index (χ4n) is 2.36. The lowest BCUT2D eigenvalue weighted by molar-refractivity contribution is 0.117. The SMILES string of the molecule is COC[C@](C)(NCc1cccnc1OC)c1ccccc1. The molecule has 0 aliphatic heterocycles. The summed E-state index contributed by atoms with van der Waals surface area (Å²) in [7, 11) is 3.35. The van der Waals surface area contributed by atoms with Crippen LogP contribution in [0.5, 0.6) is 5.88 Å². The van der Waals surface area contributed by atoms with Gasteiger partial charge in [-0.2, -0.15) is 0 Å². The standard InChI is InChI=1S/C17H22N2O2/c1-17(13-20-2,15-9-5-4-6-10-15)19-12-14-8-7-11-18-16(14)21-3/h4-11,19H,12-13H2,1-3H3/t17-/m0/s1. The zero-order chi connectivity index (χ0) is 15.1. The second kappa shape index (κ2) is 7.20. The Hall–Kier alpha value is -1.91. The van der Waals surface area contributed by atoms with E-state index in [0.29, 0.717) is 19.0 Å². The van der Waals surface area contributed by atoms with Crippen molar-refractivity contribution in [2.24, 2.45) is 0 Å². The summed E-state index contributed by atoms with van der Waals surface area (Å²) in [5, 5.41) is 3.56. The summed E-state index contributed by atoms with van der Waals surface area (Å²) in [4.78, 5) is 4.22. The second-order valence-electron chi connectivity index (χ2n) is 5.16. The minimum atomic E-state index is -0.267. The van der Waals surface area contributed by atoms with Crippen LogP contribution in [0.4, 0.5) is 0 Å². The largest absolute Gasteiger partial charge is 0.481 e. The first-order valence-electron chi connectivity index (χ1n) is 6.97. The van der Waals surface area contributed by atoms with E-state index < -0.39 is 0 Å². The fourth-order valence-corrected chi connectivity index (χ4v) is 2.36. The van der Waals surface area contributed by atoms with Gasteiger partial charge in [0.1, 0.15) is 0 Å². The number of methoxy groups -OCH3 is 2. The molecule has 1 aromatic heterocycles. The van der Waals surface area contributed by atoms with Crippen molar-refractivity contribution in [3.05, 3.63) is 59.8 Å². The van der Waals surface area contributed by atoms with Crippen LogP contribution in [0.15, 0.2) is 48.7 Å². The topological polar surface area (TPSA) is 43.4 Å². The van der Waals surface area contributed by atoms with Gasteiger partial charge in [-0.1, -0.05) is 36.4 Å². The third-order valence-electron chi connectivity index (χ3n) is 3.56. The molecule has 0 spiro atoms. The van der Waals surface area contributed by atoms with E-state index in [4.69, 9.17) is 9.47 Å². The maximum atomic E-state index is 5.40. The van der Waals surface area contributed by atoms with Gasteiger partial charge < -0.3 is 14.8 Å². The van der Waals surface area contributed by atoms with Crippen LogP contribution in [0, 0.1) is 0 Å². The first-order chi connectivity index (χ1) is 10.2. The molecule has 2 rings (SSSR count). The molecule has 1 aromatic carbocycles. The average molecular weight is 286 g/mol. The Morgan fingerprint density at radius 3 is 2.52 bits per heavy atom. The van der Waals surface area contributed by atoms with Crippen LogP contribution in [0.1, 0.15) is 18.1 Å². The summed E-state index contributed by atoms with van der Waals surface area (Å²) in [6.07, 6.45) is 1.73. The third-order valence-corrected chi connectivity index (χ3v) is 3.56. The molecule has 4 heteroatoms. The Morgan fingerprint density at radius 2 is 1.86 bits per heavy atom. The molecule has 2 aromatic rings. The maximum Gasteiger partial charge on any atom is 0.217 e. The van der Waals surface area contributed by atoms with Gasteiger partial charge in [-0.3, -0.25) is 0 Å². The van der Waals surface area contributed by atoms with E-state index >= 15 is 0 Å². The highest BCUT2D eigenvalue weighted by Crippen LogP contribution is 2.23. The van der Waals surface area contributed by atoms with E-state index in [2.05, 4.69) is 29.4 Å². The van der Waals surface area contributed by atoms with Crippen molar-refractivity contribution in [3.63, 3.8) is 0 Å². The number of aromatic nitrogens is 1. The molecule has 4 nitrogen and oxygen atoms in total. The highest BCUT2D eigenvalue weighted by molar-refractivity contribution is 5.27. The third kappa shape index (κ3) is 3.80. The Labute approximate surface area is 126 Å². The zero-order valence-electron chi connectivity index (χ0n) is 12.8. The molecule has 0 bridgehead atoms. The lowest BCUT2D eigenvalue weighted by Gasteiger charge is -2.31.